The highest BCUT2D eigenvalue weighted by Gasteiger charge is 2.40. The first-order chi connectivity index (χ1) is 6.56. The van der Waals surface area contributed by atoms with E-state index in [2.05, 4.69) is 4.74 Å². The monoisotopic (exact) mass is 220 g/mol. The minimum atomic E-state index is -3.42. The molecule has 0 aliphatic carbocycles. The molecule has 14 heavy (non-hydrogen) atoms. The third-order valence-electron chi connectivity index (χ3n) is 1.55. The van der Waals surface area contributed by atoms with E-state index in [1.165, 1.54) is 18.3 Å². The maximum Gasteiger partial charge on any atom is 0.377 e. The smallest absolute Gasteiger partial charge is 0.377 e. The molecule has 1 heterocycles. The minimum absolute atomic E-state index is 0.0289. The summed E-state index contributed by atoms with van der Waals surface area (Å²) >= 11 is 1.20. The largest absolute Gasteiger partial charge is 0.462 e. The molecule has 78 valence electrons. The van der Waals surface area contributed by atoms with Crippen molar-refractivity contribution in [2.24, 2.45) is 0 Å². The Kier molecular flexibility index (Phi) is 3.57. The van der Waals surface area contributed by atoms with Crippen LogP contribution in [-0.2, 0) is 16.0 Å². The van der Waals surface area contributed by atoms with Crippen LogP contribution in [0, 0.1) is 0 Å². The molecule has 0 bridgehead atoms. The van der Waals surface area contributed by atoms with Gasteiger partial charge in [-0.25, -0.2) is 4.79 Å². The normalized spacial score (nSPS) is 11.4. The van der Waals surface area contributed by atoms with E-state index in [4.69, 9.17) is 0 Å². The molecule has 1 aromatic heterocycles. The molecule has 1 rings (SSSR count). The topological polar surface area (TPSA) is 26.3 Å². The van der Waals surface area contributed by atoms with Gasteiger partial charge in [0, 0.05) is 4.88 Å². The zero-order valence-corrected chi connectivity index (χ0v) is 8.44. The molecule has 5 heteroatoms. The molecule has 0 aliphatic heterocycles. The van der Waals surface area contributed by atoms with Crippen LogP contribution in [0.4, 0.5) is 8.78 Å². The van der Waals surface area contributed by atoms with Crippen LogP contribution in [0.3, 0.4) is 0 Å². The lowest BCUT2D eigenvalue weighted by Gasteiger charge is -2.13. The van der Waals surface area contributed by atoms with Crippen molar-refractivity contribution in [3.05, 3.63) is 22.4 Å². The third kappa shape index (κ3) is 2.77. The fraction of sp³-hybridized carbons (Fsp3) is 0.444. The average Bonchev–Trinajstić information content (AvgIpc) is 2.56. The second-order valence-electron chi connectivity index (χ2n) is 2.68. The quantitative estimate of drug-likeness (QED) is 0.729. The molecule has 0 radical (unpaired) electrons. The SMILES string of the molecule is CCOC(=O)C(F)(F)Cc1cccs1. The van der Waals surface area contributed by atoms with Gasteiger partial charge in [0.1, 0.15) is 0 Å². The summed E-state index contributed by atoms with van der Waals surface area (Å²) in [4.78, 5) is 11.3. The van der Waals surface area contributed by atoms with Gasteiger partial charge in [-0.3, -0.25) is 0 Å². The van der Waals surface area contributed by atoms with Crippen LogP contribution in [0.25, 0.3) is 0 Å². The molecule has 0 N–H and O–H groups in total. The van der Waals surface area contributed by atoms with Crippen LogP contribution in [0.15, 0.2) is 17.5 Å². The van der Waals surface area contributed by atoms with Gasteiger partial charge in [-0.2, -0.15) is 8.78 Å². The summed E-state index contributed by atoms with van der Waals surface area (Å²) in [5.74, 6) is -4.87. The van der Waals surface area contributed by atoms with Crippen LogP contribution >= 0.6 is 11.3 Å². The number of hydrogen-bond donors (Lipinski definition) is 0. The van der Waals surface area contributed by atoms with Gasteiger partial charge < -0.3 is 4.74 Å². The molecule has 0 aliphatic rings. The Morgan fingerprint density at radius 3 is 2.86 bits per heavy atom. The van der Waals surface area contributed by atoms with Gasteiger partial charge in [0.15, 0.2) is 0 Å². The number of ether oxygens (including phenoxy) is 1. The minimum Gasteiger partial charge on any atom is -0.462 e. The Hall–Kier alpha value is -0.970. The summed E-state index contributed by atoms with van der Waals surface area (Å²) in [6, 6.07) is 3.24. The van der Waals surface area contributed by atoms with Gasteiger partial charge in [0.2, 0.25) is 0 Å². The summed E-state index contributed by atoms with van der Waals surface area (Å²) in [6.07, 6.45) is -0.580. The molecular formula is C9H10F2O2S. The van der Waals surface area contributed by atoms with Crippen molar-refractivity contribution >= 4 is 17.3 Å². The van der Waals surface area contributed by atoms with Crippen LogP contribution in [-0.4, -0.2) is 18.5 Å². The van der Waals surface area contributed by atoms with Gasteiger partial charge in [0.25, 0.3) is 0 Å². The molecule has 0 spiro atoms. The first-order valence-corrected chi connectivity index (χ1v) is 5.01. The number of thiophene rings is 1. The maximum atomic E-state index is 13.1. The van der Waals surface area contributed by atoms with Gasteiger partial charge in [-0.05, 0) is 18.4 Å². The van der Waals surface area contributed by atoms with Gasteiger partial charge in [0.05, 0.1) is 13.0 Å². The molecule has 0 fully saturated rings. The summed E-state index contributed by atoms with van der Waals surface area (Å²) < 4.78 is 30.5. The summed E-state index contributed by atoms with van der Waals surface area (Å²) in [5, 5.41) is 1.69. The van der Waals surface area contributed by atoms with E-state index in [1.54, 1.807) is 17.5 Å². The highest BCUT2D eigenvalue weighted by molar-refractivity contribution is 7.09. The number of esters is 1. The Morgan fingerprint density at radius 2 is 2.36 bits per heavy atom. The number of hydrogen-bond acceptors (Lipinski definition) is 3. The second-order valence-corrected chi connectivity index (χ2v) is 3.71. The van der Waals surface area contributed by atoms with Crippen molar-refractivity contribution < 1.29 is 18.3 Å². The molecule has 0 aromatic carbocycles. The number of alkyl halides is 2. The lowest BCUT2D eigenvalue weighted by Crippen LogP contribution is -2.32. The van der Waals surface area contributed by atoms with Crippen LogP contribution in [0.1, 0.15) is 11.8 Å². The van der Waals surface area contributed by atoms with E-state index >= 15 is 0 Å². The van der Waals surface area contributed by atoms with Gasteiger partial charge >= 0.3 is 11.9 Å². The molecule has 0 saturated heterocycles. The zero-order valence-electron chi connectivity index (χ0n) is 7.63. The molecule has 0 atom stereocenters. The van der Waals surface area contributed by atoms with Crippen molar-refractivity contribution in [3.8, 4) is 0 Å². The van der Waals surface area contributed by atoms with Gasteiger partial charge in [-0.1, -0.05) is 6.07 Å². The fourth-order valence-electron chi connectivity index (χ4n) is 0.941. The Morgan fingerprint density at radius 1 is 1.64 bits per heavy atom. The average molecular weight is 220 g/mol. The molecule has 1 aromatic rings. The highest BCUT2D eigenvalue weighted by Crippen LogP contribution is 2.24. The Bertz CT molecular complexity index is 296. The Labute approximate surface area is 84.5 Å². The molecule has 0 saturated carbocycles. The number of carbonyl (C=O) groups excluding carboxylic acids is 1. The molecule has 0 unspecified atom stereocenters. The van der Waals surface area contributed by atoms with E-state index in [1.807, 2.05) is 0 Å². The second kappa shape index (κ2) is 4.50. The molecule has 2 nitrogen and oxygen atoms in total. The zero-order chi connectivity index (χ0) is 10.6. The predicted molar refractivity (Wildman–Crippen MR) is 49.6 cm³/mol. The summed E-state index contributed by atoms with van der Waals surface area (Å²) in [7, 11) is 0. The van der Waals surface area contributed by atoms with Crippen LogP contribution in [0.5, 0.6) is 0 Å². The number of halogens is 2. The first-order valence-electron chi connectivity index (χ1n) is 4.13. The van der Waals surface area contributed by atoms with E-state index in [0.29, 0.717) is 4.88 Å². The summed E-state index contributed by atoms with van der Waals surface area (Å²) in [6.45, 7) is 1.47. The highest BCUT2D eigenvalue weighted by atomic mass is 32.1. The van der Waals surface area contributed by atoms with E-state index < -0.39 is 18.3 Å². The molecule has 0 amide bonds. The number of rotatable bonds is 4. The third-order valence-corrected chi connectivity index (χ3v) is 2.43. The van der Waals surface area contributed by atoms with Crippen LogP contribution < -0.4 is 0 Å². The fourth-order valence-corrected chi connectivity index (χ4v) is 1.69. The Balaban J connectivity index is 2.61. The van der Waals surface area contributed by atoms with Crippen molar-refractivity contribution in [1.29, 1.82) is 0 Å². The van der Waals surface area contributed by atoms with Gasteiger partial charge in [-0.15, -0.1) is 11.3 Å². The van der Waals surface area contributed by atoms with E-state index in [0.717, 1.165) is 0 Å². The van der Waals surface area contributed by atoms with Crippen molar-refractivity contribution in [2.45, 2.75) is 19.3 Å². The van der Waals surface area contributed by atoms with Crippen molar-refractivity contribution in [1.82, 2.24) is 0 Å². The van der Waals surface area contributed by atoms with Crippen LogP contribution in [0.2, 0.25) is 0 Å². The van der Waals surface area contributed by atoms with E-state index in [-0.39, 0.29) is 6.61 Å². The lowest BCUT2D eigenvalue weighted by molar-refractivity contribution is -0.171. The standard InChI is InChI=1S/C9H10F2O2S/c1-2-13-8(12)9(10,11)6-7-4-3-5-14-7/h3-5H,2,6H2,1H3. The predicted octanol–water partition coefficient (Wildman–Crippen LogP) is 2.49. The molecular weight excluding hydrogens is 210 g/mol. The van der Waals surface area contributed by atoms with Crippen molar-refractivity contribution in [2.75, 3.05) is 6.61 Å². The maximum absolute atomic E-state index is 13.1. The first kappa shape index (κ1) is 11.1. The van der Waals surface area contributed by atoms with E-state index in [9.17, 15) is 13.6 Å². The number of carbonyl (C=O) groups is 1. The van der Waals surface area contributed by atoms with Crippen molar-refractivity contribution in [3.63, 3.8) is 0 Å². The summed E-state index contributed by atoms with van der Waals surface area (Å²) in [5.41, 5.74) is 0. The lowest BCUT2D eigenvalue weighted by atomic mass is 10.2.